The van der Waals surface area contributed by atoms with Crippen molar-refractivity contribution >= 4 is 6.29 Å². The lowest BCUT2D eigenvalue weighted by molar-refractivity contribution is -0.107. The van der Waals surface area contributed by atoms with Crippen LogP contribution in [0.25, 0.3) is 0 Å². The van der Waals surface area contributed by atoms with Gasteiger partial charge in [-0.25, -0.2) is 0 Å². The molecule has 1 rings (SSSR count). The Bertz CT molecular complexity index is 235. The third kappa shape index (κ3) is 1.94. The van der Waals surface area contributed by atoms with Crippen molar-refractivity contribution < 1.29 is 4.79 Å². The van der Waals surface area contributed by atoms with Crippen molar-refractivity contribution in [3.8, 4) is 0 Å². The first-order valence-electron chi connectivity index (χ1n) is 4.22. The summed E-state index contributed by atoms with van der Waals surface area (Å²) < 4.78 is 0. The minimum atomic E-state index is 0.347. The summed E-state index contributed by atoms with van der Waals surface area (Å²) in [6.45, 7) is 6.04. The lowest BCUT2D eigenvalue weighted by atomic mass is 9.84. The molecule has 0 saturated carbocycles. The van der Waals surface area contributed by atoms with Gasteiger partial charge in [-0.2, -0.15) is 0 Å². The van der Waals surface area contributed by atoms with Crippen LogP contribution in [0.5, 0.6) is 0 Å². The van der Waals surface area contributed by atoms with E-state index in [9.17, 15) is 4.79 Å². The summed E-state index contributed by atoms with van der Waals surface area (Å²) in [4.78, 5) is 10.3. The SMILES string of the molecule is C=C(CC=O)C1C=CC=C[C@H]1C. The molecule has 12 heavy (non-hydrogen) atoms. The Morgan fingerprint density at radius 2 is 2.17 bits per heavy atom. The molecule has 1 aliphatic rings. The normalized spacial score (nSPS) is 27.1. The molecule has 1 unspecified atom stereocenters. The molecule has 0 heterocycles. The van der Waals surface area contributed by atoms with Crippen molar-refractivity contribution in [3.05, 3.63) is 36.5 Å². The topological polar surface area (TPSA) is 17.1 Å². The molecule has 0 bridgehead atoms. The number of hydrogen-bond donors (Lipinski definition) is 0. The zero-order chi connectivity index (χ0) is 8.97. The number of carbonyl (C=O) groups is 1. The van der Waals surface area contributed by atoms with Gasteiger partial charge in [-0.05, 0) is 5.92 Å². The predicted octanol–water partition coefficient (Wildman–Crippen LogP) is 2.51. The second kappa shape index (κ2) is 4.05. The van der Waals surface area contributed by atoms with Crippen molar-refractivity contribution in [2.24, 2.45) is 11.8 Å². The molecule has 0 N–H and O–H groups in total. The zero-order valence-electron chi connectivity index (χ0n) is 7.36. The first-order chi connectivity index (χ1) is 5.75. The molecule has 0 aromatic carbocycles. The van der Waals surface area contributed by atoms with E-state index in [2.05, 4.69) is 25.7 Å². The quantitative estimate of drug-likeness (QED) is 0.460. The Morgan fingerprint density at radius 1 is 1.50 bits per heavy atom. The largest absolute Gasteiger partial charge is 0.303 e. The smallest absolute Gasteiger partial charge is 0.124 e. The van der Waals surface area contributed by atoms with E-state index in [0.717, 1.165) is 11.9 Å². The van der Waals surface area contributed by atoms with E-state index < -0.39 is 0 Å². The fourth-order valence-corrected chi connectivity index (χ4v) is 1.47. The minimum Gasteiger partial charge on any atom is -0.303 e. The summed E-state index contributed by atoms with van der Waals surface area (Å²) in [6, 6.07) is 0. The third-order valence-electron chi connectivity index (χ3n) is 2.23. The second-order valence-corrected chi connectivity index (χ2v) is 3.18. The Morgan fingerprint density at radius 3 is 2.75 bits per heavy atom. The van der Waals surface area contributed by atoms with Crippen LogP contribution >= 0.6 is 0 Å². The molecule has 64 valence electrons. The lowest BCUT2D eigenvalue weighted by Gasteiger charge is -2.21. The van der Waals surface area contributed by atoms with E-state index in [-0.39, 0.29) is 0 Å². The molecule has 0 saturated heterocycles. The highest BCUT2D eigenvalue weighted by molar-refractivity contribution is 5.54. The highest BCUT2D eigenvalue weighted by Gasteiger charge is 2.16. The van der Waals surface area contributed by atoms with Crippen LogP contribution in [0.15, 0.2) is 36.5 Å². The number of rotatable bonds is 3. The van der Waals surface area contributed by atoms with Crippen LogP contribution in [0.3, 0.4) is 0 Å². The van der Waals surface area contributed by atoms with Crippen molar-refractivity contribution in [2.75, 3.05) is 0 Å². The van der Waals surface area contributed by atoms with Gasteiger partial charge in [0.05, 0.1) is 0 Å². The van der Waals surface area contributed by atoms with E-state index in [1.165, 1.54) is 0 Å². The summed E-state index contributed by atoms with van der Waals surface area (Å²) in [5.74, 6) is 0.822. The van der Waals surface area contributed by atoms with E-state index in [1.807, 2.05) is 12.2 Å². The molecule has 0 spiro atoms. The molecule has 0 aromatic heterocycles. The number of aldehydes is 1. The molecular weight excluding hydrogens is 148 g/mol. The third-order valence-corrected chi connectivity index (χ3v) is 2.23. The summed E-state index contributed by atoms with van der Waals surface area (Å²) >= 11 is 0. The molecule has 1 aliphatic carbocycles. The summed E-state index contributed by atoms with van der Waals surface area (Å²) in [5.41, 5.74) is 1.01. The maximum absolute atomic E-state index is 10.3. The first kappa shape index (κ1) is 8.98. The van der Waals surface area contributed by atoms with Crippen LogP contribution in [-0.4, -0.2) is 6.29 Å². The monoisotopic (exact) mass is 162 g/mol. The average Bonchev–Trinajstić information content (AvgIpc) is 2.05. The number of carbonyl (C=O) groups excluding carboxylic acids is 1. The Hall–Kier alpha value is -1.11. The standard InChI is InChI=1S/C11H14O/c1-9-5-3-4-6-11(9)10(2)7-8-12/h3-6,8-9,11H,2,7H2,1H3/t9-,11?/m1/s1. The molecule has 0 aliphatic heterocycles. The summed E-state index contributed by atoms with van der Waals surface area (Å²) in [7, 11) is 0. The maximum atomic E-state index is 10.3. The van der Waals surface area contributed by atoms with Gasteiger partial charge in [0.2, 0.25) is 0 Å². The van der Waals surface area contributed by atoms with Gasteiger partial charge in [0, 0.05) is 12.3 Å². The van der Waals surface area contributed by atoms with E-state index in [4.69, 9.17) is 0 Å². The predicted molar refractivity (Wildman–Crippen MR) is 50.8 cm³/mol. The van der Waals surface area contributed by atoms with Crippen LogP contribution in [0.2, 0.25) is 0 Å². The summed E-state index contributed by atoms with van der Waals surface area (Å²) in [6.07, 6.45) is 9.70. The van der Waals surface area contributed by atoms with Crippen LogP contribution in [0.4, 0.5) is 0 Å². The van der Waals surface area contributed by atoms with Crippen molar-refractivity contribution in [1.29, 1.82) is 0 Å². The van der Waals surface area contributed by atoms with Gasteiger partial charge in [0.1, 0.15) is 6.29 Å². The zero-order valence-corrected chi connectivity index (χ0v) is 7.36. The molecule has 1 nitrogen and oxygen atoms in total. The lowest BCUT2D eigenvalue weighted by Crippen LogP contribution is -2.11. The Labute approximate surface area is 73.5 Å². The van der Waals surface area contributed by atoms with E-state index in [1.54, 1.807) is 0 Å². The fraction of sp³-hybridized carbons (Fsp3) is 0.364. The molecule has 0 amide bonds. The Balaban J connectivity index is 2.62. The highest BCUT2D eigenvalue weighted by atomic mass is 16.1. The molecule has 0 aromatic rings. The van der Waals surface area contributed by atoms with Crippen LogP contribution < -0.4 is 0 Å². The Kier molecular flexibility index (Phi) is 3.03. The van der Waals surface area contributed by atoms with Crippen LogP contribution in [0.1, 0.15) is 13.3 Å². The van der Waals surface area contributed by atoms with Gasteiger partial charge in [0.25, 0.3) is 0 Å². The molecule has 0 radical (unpaired) electrons. The van der Waals surface area contributed by atoms with Gasteiger partial charge in [0.15, 0.2) is 0 Å². The fourth-order valence-electron chi connectivity index (χ4n) is 1.47. The second-order valence-electron chi connectivity index (χ2n) is 3.18. The van der Waals surface area contributed by atoms with Crippen molar-refractivity contribution in [3.63, 3.8) is 0 Å². The van der Waals surface area contributed by atoms with E-state index >= 15 is 0 Å². The number of allylic oxidation sites excluding steroid dienone is 5. The maximum Gasteiger partial charge on any atom is 0.124 e. The van der Waals surface area contributed by atoms with Crippen LogP contribution in [-0.2, 0) is 4.79 Å². The van der Waals surface area contributed by atoms with Crippen molar-refractivity contribution in [2.45, 2.75) is 13.3 Å². The van der Waals surface area contributed by atoms with Gasteiger partial charge >= 0.3 is 0 Å². The molecule has 0 fully saturated rings. The van der Waals surface area contributed by atoms with Gasteiger partial charge in [-0.15, -0.1) is 0 Å². The van der Waals surface area contributed by atoms with Crippen molar-refractivity contribution in [1.82, 2.24) is 0 Å². The van der Waals surface area contributed by atoms with E-state index in [0.29, 0.717) is 18.3 Å². The van der Waals surface area contributed by atoms with Gasteiger partial charge in [-0.3, -0.25) is 0 Å². The number of hydrogen-bond acceptors (Lipinski definition) is 1. The highest BCUT2D eigenvalue weighted by Crippen LogP contribution is 2.26. The van der Waals surface area contributed by atoms with Gasteiger partial charge < -0.3 is 4.79 Å². The van der Waals surface area contributed by atoms with Gasteiger partial charge in [-0.1, -0.05) is 43.4 Å². The minimum absolute atomic E-state index is 0.347. The molecular formula is C11H14O. The first-order valence-corrected chi connectivity index (χ1v) is 4.22. The van der Waals surface area contributed by atoms with Crippen LogP contribution in [0, 0.1) is 11.8 Å². The summed E-state index contributed by atoms with van der Waals surface area (Å²) in [5, 5.41) is 0. The molecule has 1 heteroatoms. The molecule has 2 atom stereocenters. The average molecular weight is 162 g/mol.